The number of hydrogen-bond acceptors (Lipinski definition) is 5. The third kappa shape index (κ3) is 4.45. The third-order valence-electron chi connectivity index (χ3n) is 3.21. The lowest BCUT2D eigenvalue weighted by molar-refractivity contribution is -0.119. The highest BCUT2D eigenvalue weighted by Crippen LogP contribution is 2.20. The van der Waals surface area contributed by atoms with Crippen LogP contribution in [0.25, 0.3) is 0 Å². The molecule has 126 valence electrons. The van der Waals surface area contributed by atoms with Crippen LogP contribution in [-0.4, -0.2) is 30.6 Å². The molecule has 0 aliphatic carbocycles. The first kappa shape index (κ1) is 17.7. The molecule has 1 N–H and O–H groups in total. The van der Waals surface area contributed by atoms with E-state index in [9.17, 15) is 9.59 Å². The van der Waals surface area contributed by atoms with Crippen LogP contribution in [0.4, 0.5) is 5.69 Å². The highest BCUT2D eigenvalue weighted by Gasteiger charge is 2.18. The van der Waals surface area contributed by atoms with E-state index in [-0.39, 0.29) is 10.7 Å². The number of aryl methyl sites for hydroxylation is 2. The molecule has 0 radical (unpaired) electrons. The van der Waals surface area contributed by atoms with Gasteiger partial charge in [0.2, 0.25) is 0 Å². The number of ether oxygens (including phenoxy) is 2. The van der Waals surface area contributed by atoms with Crippen LogP contribution in [0.3, 0.4) is 0 Å². The number of carbonyl (C=O) groups is 2. The molecule has 1 aromatic carbocycles. The van der Waals surface area contributed by atoms with E-state index in [1.54, 1.807) is 51.3 Å². The smallest absolute Gasteiger partial charge is 0.342 e. The molecule has 2 aromatic rings. The zero-order chi connectivity index (χ0) is 17.7. The van der Waals surface area contributed by atoms with Crippen LogP contribution >= 0.6 is 11.6 Å². The molecule has 0 aliphatic rings. The summed E-state index contributed by atoms with van der Waals surface area (Å²) in [6, 6.07) is 8.51. The lowest BCUT2D eigenvalue weighted by Gasteiger charge is -2.10. The Bertz CT molecular complexity index is 737. The van der Waals surface area contributed by atoms with Gasteiger partial charge in [0.15, 0.2) is 6.61 Å². The first-order valence-corrected chi connectivity index (χ1v) is 7.53. The van der Waals surface area contributed by atoms with Crippen LogP contribution in [0.5, 0.6) is 5.75 Å². The van der Waals surface area contributed by atoms with Crippen molar-refractivity contribution < 1.29 is 19.1 Å². The van der Waals surface area contributed by atoms with E-state index in [4.69, 9.17) is 21.1 Å². The van der Waals surface area contributed by atoms with Gasteiger partial charge in [-0.15, -0.1) is 0 Å². The number of nitrogens with zero attached hydrogens (tertiary/aromatic N) is 1. The minimum absolute atomic E-state index is 0.0630. The van der Waals surface area contributed by atoms with Crippen molar-refractivity contribution in [3.05, 3.63) is 52.3 Å². The molecule has 6 nitrogen and oxygen atoms in total. The van der Waals surface area contributed by atoms with Gasteiger partial charge in [-0.3, -0.25) is 4.79 Å². The number of esters is 1. The fraction of sp³-hybridized carbons (Fsp3) is 0.235. The van der Waals surface area contributed by atoms with Gasteiger partial charge in [0.25, 0.3) is 5.91 Å². The molecule has 0 saturated heterocycles. The molecule has 0 atom stereocenters. The second-order valence-electron chi connectivity index (χ2n) is 5.10. The van der Waals surface area contributed by atoms with Crippen molar-refractivity contribution in [2.75, 3.05) is 19.0 Å². The number of anilines is 1. The summed E-state index contributed by atoms with van der Waals surface area (Å²) in [4.78, 5) is 28.0. The summed E-state index contributed by atoms with van der Waals surface area (Å²) in [6.07, 6.45) is 0. The first-order valence-electron chi connectivity index (χ1n) is 7.15. The van der Waals surface area contributed by atoms with Gasteiger partial charge in [-0.05, 0) is 49.7 Å². The van der Waals surface area contributed by atoms with Gasteiger partial charge >= 0.3 is 5.97 Å². The zero-order valence-corrected chi connectivity index (χ0v) is 14.3. The molecule has 1 aromatic heterocycles. The van der Waals surface area contributed by atoms with Crippen molar-refractivity contribution in [3.8, 4) is 5.75 Å². The summed E-state index contributed by atoms with van der Waals surface area (Å²) in [5.41, 5.74) is 2.09. The molecule has 0 unspecified atom stereocenters. The van der Waals surface area contributed by atoms with Gasteiger partial charge in [-0.25, -0.2) is 9.78 Å². The summed E-state index contributed by atoms with van der Waals surface area (Å²) in [7, 11) is 1.56. The Morgan fingerprint density at radius 1 is 1.21 bits per heavy atom. The van der Waals surface area contributed by atoms with Gasteiger partial charge in [-0.1, -0.05) is 11.6 Å². The van der Waals surface area contributed by atoms with Gasteiger partial charge in [0, 0.05) is 11.4 Å². The summed E-state index contributed by atoms with van der Waals surface area (Å²) >= 11 is 5.98. The topological polar surface area (TPSA) is 77.5 Å². The van der Waals surface area contributed by atoms with Gasteiger partial charge < -0.3 is 14.8 Å². The molecule has 0 bridgehead atoms. The number of carbonyl (C=O) groups excluding carboxylic acids is 2. The Kier molecular flexibility index (Phi) is 5.76. The van der Waals surface area contributed by atoms with E-state index in [2.05, 4.69) is 10.3 Å². The fourth-order valence-corrected chi connectivity index (χ4v) is 2.47. The Morgan fingerprint density at radius 2 is 1.88 bits per heavy atom. The first-order chi connectivity index (χ1) is 11.4. The Morgan fingerprint density at radius 3 is 2.46 bits per heavy atom. The molecule has 1 amide bonds. The molecule has 7 heteroatoms. The number of amides is 1. The van der Waals surface area contributed by atoms with Crippen molar-refractivity contribution in [3.63, 3.8) is 0 Å². The maximum absolute atomic E-state index is 12.1. The summed E-state index contributed by atoms with van der Waals surface area (Å²) in [5.74, 6) is -0.464. The van der Waals surface area contributed by atoms with Gasteiger partial charge in [0.05, 0.1) is 12.7 Å². The van der Waals surface area contributed by atoms with Crippen LogP contribution < -0.4 is 10.1 Å². The lowest BCUT2D eigenvalue weighted by atomic mass is 10.1. The predicted octanol–water partition coefficient (Wildman–Crippen LogP) is 3.16. The Labute approximate surface area is 144 Å². The van der Waals surface area contributed by atoms with Crippen molar-refractivity contribution >= 4 is 29.2 Å². The van der Waals surface area contributed by atoms with E-state index in [0.717, 1.165) is 0 Å². The average molecular weight is 349 g/mol. The maximum Gasteiger partial charge on any atom is 0.342 e. The number of halogens is 1. The molecule has 0 saturated carbocycles. The van der Waals surface area contributed by atoms with E-state index >= 15 is 0 Å². The van der Waals surface area contributed by atoms with E-state index in [1.807, 2.05) is 0 Å². The van der Waals surface area contributed by atoms with Gasteiger partial charge in [0.1, 0.15) is 10.9 Å². The number of nitrogens with one attached hydrogen (secondary N) is 1. The highest BCUT2D eigenvalue weighted by atomic mass is 35.5. The molecule has 0 fully saturated rings. The Balaban J connectivity index is 1.95. The number of rotatable bonds is 5. The maximum atomic E-state index is 12.1. The van der Waals surface area contributed by atoms with E-state index < -0.39 is 18.5 Å². The number of benzene rings is 1. The fourth-order valence-electron chi connectivity index (χ4n) is 2.11. The van der Waals surface area contributed by atoms with Crippen molar-refractivity contribution in [1.29, 1.82) is 0 Å². The average Bonchev–Trinajstić information content (AvgIpc) is 2.52. The normalized spacial score (nSPS) is 10.2. The molecule has 1 heterocycles. The minimum Gasteiger partial charge on any atom is -0.497 e. The van der Waals surface area contributed by atoms with E-state index in [0.29, 0.717) is 22.7 Å². The largest absolute Gasteiger partial charge is 0.497 e. The standard InChI is InChI=1S/C17H17ClN2O4/c1-10-8-11(2)19-16(18)15(10)17(22)24-9-14(21)20-12-4-6-13(23-3)7-5-12/h4-8H,9H2,1-3H3,(H,20,21). The molecular formula is C17H17ClN2O4. The van der Waals surface area contributed by atoms with Crippen LogP contribution in [0.2, 0.25) is 5.15 Å². The van der Waals surface area contributed by atoms with Crippen LogP contribution in [-0.2, 0) is 9.53 Å². The SMILES string of the molecule is COc1ccc(NC(=O)COC(=O)c2c(C)cc(C)nc2Cl)cc1. The van der Waals surface area contributed by atoms with Crippen molar-refractivity contribution in [1.82, 2.24) is 4.98 Å². The van der Waals surface area contributed by atoms with Crippen LogP contribution in [0.15, 0.2) is 30.3 Å². The Hall–Kier alpha value is -2.60. The number of methoxy groups -OCH3 is 1. The zero-order valence-electron chi connectivity index (χ0n) is 13.6. The van der Waals surface area contributed by atoms with Crippen LogP contribution in [0, 0.1) is 13.8 Å². The monoisotopic (exact) mass is 348 g/mol. The second kappa shape index (κ2) is 7.79. The highest BCUT2D eigenvalue weighted by molar-refractivity contribution is 6.32. The number of pyridine rings is 1. The predicted molar refractivity (Wildman–Crippen MR) is 90.6 cm³/mol. The van der Waals surface area contributed by atoms with Crippen LogP contribution in [0.1, 0.15) is 21.6 Å². The molecule has 24 heavy (non-hydrogen) atoms. The molecular weight excluding hydrogens is 332 g/mol. The minimum atomic E-state index is -0.685. The van der Waals surface area contributed by atoms with Crippen molar-refractivity contribution in [2.45, 2.75) is 13.8 Å². The quantitative estimate of drug-likeness (QED) is 0.663. The third-order valence-corrected chi connectivity index (χ3v) is 3.49. The summed E-state index contributed by atoms with van der Waals surface area (Å²) < 4.78 is 10.0. The lowest BCUT2D eigenvalue weighted by Crippen LogP contribution is -2.21. The van der Waals surface area contributed by atoms with E-state index in [1.165, 1.54) is 0 Å². The number of aromatic nitrogens is 1. The number of hydrogen-bond donors (Lipinski definition) is 1. The summed E-state index contributed by atoms with van der Waals surface area (Å²) in [5, 5.41) is 2.68. The molecule has 0 aliphatic heterocycles. The molecule has 0 spiro atoms. The second-order valence-corrected chi connectivity index (χ2v) is 5.46. The molecule has 2 rings (SSSR count). The van der Waals surface area contributed by atoms with Crippen molar-refractivity contribution in [2.24, 2.45) is 0 Å². The van der Waals surface area contributed by atoms with Gasteiger partial charge in [-0.2, -0.15) is 0 Å². The summed E-state index contributed by atoms with van der Waals surface area (Å²) in [6.45, 7) is 3.08.